The largest absolute Gasteiger partial charge is 0.241 e. The Morgan fingerprint density at radius 1 is 1.33 bits per heavy atom. The lowest BCUT2D eigenvalue weighted by molar-refractivity contribution is 0.538. The minimum absolute atomic E-state index is 0.0361. The van der Waals surface area contributed by atoms with Crippen molar-refractivity contribution in [3.63, 3.8) is 0 Å². The molecule has 0 aliphatic heterocycles. The van der Waals surface area contributed by atoms with Crippen LogP contribution in [0.25, 0.3) is 0 Å². The molecule has 1 rings (SSSR count). The SMILES string of the molecule is CC(C)CSc1ccnc(C(C)(C)C)n1. The molecule has 0 bridgehead atoms. The van der Waals surface area contributed by atoms with Gasteiger partial charge in [0.15, 0.2) is 0 Å². The first-order chi connectivity index (χ1) is 6.89. The van der Waals surface area contributed by atoms with Crippen molar-refractivity contribution in [1.29, 1.82) is 0 Å². The van der Waals surface area contributed by atoms with E-state index in [0.717, 1.165) is 16.6 Å². The second kappa shape index (κ2) is 4.97. The Balaban J connectivity index is 2.75. The average Bonchev–Trinajstić information content (AvgIpc) is 2.14. The van der Waals surface area contributed by atoms with Crippen LogP contribution in [0.1, 0.15) is 40.4 Å². The Kier molecular flexibility index (Phi) is 4.14. The van der Waals surface area contributed by atoms with Crippen LogP contribution in [-0.4, -0.2) is 15.7 Å². The number of rotatable bonds is 3. The Morgan fingerprint density at radius 2 is 2.00 bits per heavy atom. The highest BCUT2D eigenvalue weighted by atomic mass is 32.2. The monoisotopic (exact) mass is 224 g/mol. The van der Waals surface area contributed by atoms with Crippen molar-refractivity contribution in [1.82, 2.24) is 9.97 Å². The Labute approximate surface area is 96.9 Å². The zero-order valence-electron chi connectivity index (χ0n) is 10.2. The van der Waals surface area contributed by atoms with Crippen molar-refractivity contribution in [3.05, 3.63) is 18.1 Å². The second-order valence-electron chi connectivity index (χ2n) is 5.17. The summed E-state index contributed by atoms with van der Waals surface area (Å²) in [4.78, 5) is 8.88. The molecule has 0 fully saturated rings. The lowest BCUT2D eigenvalue weighted by Gasteiger charge is -2.16. The topological polar surface area (TPSA) is 25.8 Å². The molecule has 0 saturated heterocycles. The molecule has 0 aromatic carbocycles. The molecule has 0 amide bonds. The maximum absolute atomic E-state index is 4.57. The minimum atomic E-state index is 0.0361. The molecule has 0 aliphatic carbocycles. The van der Waals surface area contributed by atoms with Gasteiger partial charge >= 0.3 is 0 Å². The first-order valence-electron chi connectivity index (χ1n) is 5.36. The van der Waals surface area contributed by atoms with Crippen LogP contribution in [-0.2, 0) is 5.41 Å². The van der Waals surface area contributed by atoms with Crippen molar-refractivity contribution in [2.75, 3.05) is 5.75 Å². The predicted octanol–water partition coefficient (Wildman–Crippen LogP) is 3.52. The quantitative estimate of drug-likeness (QED) is 0.580. The number of hydrogen-bond acceptors (Lipinski definition) is 3. The zero-order chi connectivity index (χ0) is 11.5. The Morgan fingerprint density at radius 3 is 2.53 bits per heavy atom. The normalized spacial score (nSPS) is 12.1. The van der Waals surface area contributed by atoms with E-state index < -0.39 is 0 Å². The van der Waals surface area contributed by atoms with Gasteiger partial charge < -0.3 is 0 Å². The molecule has 1 heterocycles. The highest BCUT2D eigenvalue weighted by Gasteiger charge is 2.17. The van der Waals surface area contributed by atoms with Crippen LogP contribution >= 0.6 is 11.8 Å². The van der Waals surface area contributed by atoms with Crippen LogP contribution in [0.3, 0.4) is 0 Å². The van der Waals surface area contributed by atoms with Crippen molar-refractivity contribution in [2.45, 2.75) is 45.1 Å². The summed E-state index contributed by atoms with van der Waals surface area (Å²) in [6.07, 6.45) is 1.86. The molecule has 15 heavy (non-hydrogen) atoms. The summed E-state index contributed by atoms with van der Waals surface area (Å²) in [7, 11) is 0. The molecule has 0 aliphatic rings. The Bertz CT molecular complexity index is 316. The molecule has 0 radical (unpaired) electrons. The van der Waals surface area contributed by atoms with Crippen LogP contribution in [0.4, 0.5) is 0 Å². The van der Waals surface area contributed by atoms with Gasteiger partial charge in [-0.3, -0.25) is 0 Å². The Hall–Kier alpha value is -0.570. The van der Waals surface area contributed by atoms with Crippen molar-refractivity contribution < 1.29 is 0 Å². The van der Waals surface area contributed by atoms with Gasteiger partial charge in [0.2, 0.25) is 0 Å². The zero-order valence-corrected chi connectivity index (χ0v) is 11.1. The fraction of sp³-hybridized carbons (Fsp3) is 0.667. The third-order valence-corrected chi connectivity index (χ3v) is 3.22. The molecule has 2 nitrogen and oxygen atoms in total. The van der Waals surface area contributed by atoms with E-state index in [4.69, 9.17) is 0 Å². The summed E-state index contributed by atoms with van der Waals surface area (Å²) in [5, 5.41) is 1.09. The highest BCUT2D eigenvalue weighted by molar-refractivity contribution is 7.99. The molecule has 1 aromatic heterocycles. The van der Waals surface area contributed by atoms with Crippen LogP contribution in [0.2, 0.25) is 0 Å². The molecule has 1 aromatic rings. The standard InChI is InChI=1S/C12H20N2S/c1-9(2)8-15-10-6-7-13-11(14-10)12(3,4)5/h6-7,9H,8H2,1-5H3. The van der Waals surface area contributed by atoms with Gasteiger partial charge in [0.25, 0.3) is 0 Å². The van der Waals surface area contributed by atoms with Gasteiger partial charge in [-0.2, -0.15) is 0 Å². The lowest BCUT2D eigenvalue weighted by atomic mass is 9.96. The number of nitrogens with zero attached hydrogens (tertiary/aromatic N) is 2. The second-order valence-corrected chi connectivity index (χ2v) is 6.21. The van der Waals surface area contributed by atoms with E-state index >= 15 is 0 Å². The van der Waals surface area contributed by atoms with Gasteiger partial charge in [-0.15, -0.1) is 11.8 Å². The predicted molar refractivity (Wildman–Crippen MR) is 66.3 cm³/mol. The van der Waals surface area contributed by atoms with Gasteiger partial charge in [-0.05, 0) is 12.0 Å². The minimum Gasteiger partial charge on any atom is -0.241 e. The maximum atomic E-state index is 4.57. The summed E-state index contributed by atoms with van der Waals surface area (Å²) < 4.78 is 0. The van der Waals surface area contributed by atoms with Gasteiger partial charge in [-0.25, -0.2) is 9.97 Å². The summed E-state index contributed by atoms with van der Waals surface area (Å²) in [6.45, 7) is 10.9. The molecule has 0 spiro atoms. The first-order valence-corrected chi connectivity index (χ1v) is 6.34. The third kappa shape index (κ3) is 4.20. The maximum Gasteiger partial charge on any atom is 0.134 e. The number of aromatic nitrogens is 2. The van der Waals surface area contributed by atoms with Gasteiger partial charge in [0, 0.05) is 17.4 Å². The molecular weight excluding hydrogens is 204 g/mol. The molecule has 0 atom stereocenters. The van der Waals surface area contributed by atoms with Gasteiger partial charge in [0.05, 0.1) is 5.03 Å². The summed E-state index contributed by atoms with van der Waals surface area (Å²) in [5.41, 5.74) is 0.0361. The van der Waals surface area contributed by atoms with Crippen LogP contribution < -0.4 is 0 Å². The molecule has 0 saturated carbocycles. The van der Waals surface area contributed by atoms with Gasteiger partial charge in [-0.1, -0.05) is 34.6 Å². The fourth-order valence-electron chi connectivity index (χ4n) is 1.04. The fourth-order valence-corrected chi connectivity index (χ4v) is 1.85. The smallest absolute Gasteiger partial charge is 0.134 e. The average molecular weight is 224 g/mol. The highest BCUT2D eigenvalue weighted by Crippen LogP contribution is 2.22. The molecule has 0 unspecified atom stereocenters. The van der Waals surface area contributed by atoms with Crippen molar-refractivity contribution >= 4 is 11.8 Å². The van der Waals surface area contributed by atoms with E-state index in [9.17, 15) is 0 Å². The molecular formula is C12H20N2S. The van der Waals surface area contributed by atoms with Crippen molar-refractivity contribution in [2.24, 2.45) is 5.92 Å². The van der Waals surface area contributed by atoms with E-state index in [-0.39, 0.29) is 5.41 Å². The number of thioether (sulfide) groups is 1. The molecule has 3 heteroatoms. The lowest BCUT2D eigenvalue weighted by Crippen LogP contribution is -2.15. The van der Waals surface area contributed by atoms with E-state index in [1.807, 2.05) is 24.0 Å². The van der Waals surface area contributed by atoms with E-state index in [0.29, 0.717) is 5.92 Å². The van der Waals surface area contributed by atoms with E-state index in [1.165, 1.54) is 0 Å². The number of hydrogen-bond donors (Lipinski definition) is 0. The van der Waals surface area contributed by atoms with Gasteiger partial charge in [0.1, 0.15) is 5.82 Å². The molecule has 84 valence electrons. The molecule has 0 N–H and O–H groups in total. The first kappa shape index (κ1) is 12.5. The van der Waals surface area contributed by atoms with Crippen LogP contribution in [0.15, 0.2) is 17.3 Å². The summed E-state index contributed by atoms with van der Waals surface area (Å²) in [5.74, 6) is 2.74. The van der Waals surface area contributed by atoms with E-state index in [1.54, 1.807) is 0 Å². The van der Waals surface area contributed by atoms with Crippen LogP contribution in [0, 0.1) is 5.92 Å². The summed E-state index contributed by atoms with van der Waals surface area (Å²) in [6, 6.07) is 1.99. The van der Waals surface area contributed by atoms with E-state index in [2.05, 4.69) is 44.6 Å². The summed E-state index contributed by atoms with van der Waals surface area (Å²) >= 11 is 1.81. The third-order valence-electron chi connectivity index (χ3n) is 1.87. The van der Waals surface area contributed by atoms with Crippen molar-refractivity contribution in [3.8, 4) is 0 Å². The van der Waals surface area contributed by atoms with Crippen LogP contribution in [0.5, 0.6) is 0 Å².